The summed E-state index contributed by atoms with van der Waals surface area (Å²) in [5, 5.41) is 5.30. The summed E-state index contributed by atoms with van der Waals surface area (Å²) in [7, 11) is -3.48. The van der Waals surface area contributed by atoms with Gasteiger partial charge < -0.3 is 15.4 Å². The lowest BCUT2D eigenvalue weighted by Crippen LogP contribution is -2.38. The quantitative estimate of drug-likeness (QED) is 0.612. The maximum Gasteiger partial charge on any atom is 0.319 e. The topological polar surface area (TPSA) is 87.7 Å². The number of ether oxygens (including phenoxy) is 1. The molecule has 0 atom stereocenters. The van der Waals surface area contributed by atoms with Gasteiger partial charge >= 0.3 is 6.03 Å². The third kappa shape index (κ3) is 5.63. The number of hydrogen-bond acceptors (Lipinski definition) is 4. The van der Waals surface area contributed by atoms with Crippen LogP contribution in [0, 0.1) is 0 Å². The largest absolute Gasteiger partial charge is 0.494 e. The SMILES string of the molecule is CCCCOc1ccc(NC(=O)NCCS(=O)(=O)N2CCc3ccccc32)cc1. The van der Waals surface area contributed by atoms with Gasteiger partial charge in [0.1, 0.15) is 5.75 Å². The van der Waals surface area contributed by atoms with E-state index in [1.54, 1.807) is 24.3 Å². The number of hydrogen-bond donors (Lipinski definition) is 2. The van der Waals surface area contributed by atoms with Gasteiger partial charge in [-0.1, -0.05) is 31.5 Å². The van der Waals surface area contributed by atoms with Crippen molar-refractivity contribution in [2.24, 2.45) is 0 Å². The molecular weight excluding hydrogens is 390 g/mol. The summed E-state index contributed by atoms with van der Waals surface area (Å²) in [5.74, 6) is 0.597. The number of nitrogens with zero attached hydrogens (tertiary/aromatic N) is 1. The van der Waals surface area contributed by atoms with Crippen LogP contribution in [-0.4, -0.2) is 39.9 Å². The van der Waals surface area contributed by atoms with Crippen LogP contribution in [0.15, 0.2) is 48.5 Å². The first kappa shape index (κ1) is 21.0. The van der Waals surface area contributed by atoms with Crippen molar-refractivity contribution >= 4 is 27.4 Å². The molecule has 0 unspecified atom stereocenters. The lowest BCUT2D eigenvalue weighted by atomic mass is 10.2. The van der Waals surface area contributed by atoms with Crippen molar-refractivity contribution in [2.45, 2.75) is 26.2 Å². The predicted octanol–water partition coefficient (Wildman–Crippen LogP) is 3.38. The van der Waals surface area contributed by atoms with E-state index in [1.165, 1.54) is 4.31 Å². The molecule has 156 valence electrons. The van der Waals surface area contributed by atoms with E-state index in [0.29, 0.717) is 25.3 Å². The van der Waals surface area contributed by atoms with Gasteiger partial charge in [0.15, 0.2) is 0 Å². The zero-order valence-corrected chi connectivity index (χ0v) is 17.4. The highest BCUT2D eigenvalue weighted by atomic mass is 32.2. The molecule has 2 N–H and O–H groups in total. The van der Waals surface area contributed by atoms with Crippen LogP contribution in [0.4, 0.5) is 16.2 Å². The molecule has 1 heterocycles. The summed E-state index contributed by atoms with van der Waals surface area (Å²) >= 11 is 0. The van der Waals surface area contributed by atoms with Gasteiger partial charge in [0.25, 0.3) is 0 Å². The van der Waals surface area contributed by atoms with E-state index in [1.807, 2.05) is 24.3 Å². The summed E-state index contributed by atoms with van der Waals surface area (Å²) in [6.45, 7) is 3.25. The van der Waals surface area contributed by atoms with Crippen molar-refractivity contribution in [3.63, 3.8) is 0 Å². The van der Waals surface area contributed by atoms with E-state index in [0.717, 1.165) is 29.8 Å². The number of carbonyl (C=O) groups excluding carboxylic acids is 1. The Hall–Kier alpha value is -2.74. The van der Waals surface area contributed by atoms with Crippen LogP contribution in [0.25, 0.3) is 0 Å². The van der Waals surface area contributed by atoms with Crippen LogP contribution in [0.2, 0.25) is 0 Å². The molecule has 0 saturated heterocycles. The minimum Gasteiger partial charge on any atom is -0.494 e. The standard InChI is InChI=1S/C21H27N3O4S/c1-2-3-15-28-19-10-8-18(9-11-19)23-21(25)22-13-16-29(26,27)24-14-12-17-6-4-5-7-20(17)24/h4-11H,2-3,12-16H2,1H3,(H2,22,23,25). The molecular formula is C21H27N3O4S. The van der Waals surface area contributed by atoms with Crippen molar-refractivity contribution < 1.29 is 17.9 Å². The Labute approximate surface area is 172 Å². The van der Waals surface area contributed by atoms with Crippen LogP contribution in [0.5, 0.6) is 5.75 Å². The van der Waals surface area contributed by atoms with Crippen LogP contribution >= 0.6 is 0 Å². The molecule has 29 heavy (non-hydrogen) atoms. The minimum atomic E-state index is -3.48. The summed E-state index contributed by atoms with van der Waals surface area (Å²) in [6, 6.07) is 14.1. The second kappa shape index (κ2) is 9.65. The van der Waals surface area contributed by atoms with Crippen LogP contribution in [-0.2, 0) is 16.4 Å². The fourth-order valence-electron chi connectivity index (χ4n) is 3.14. The number of para-hydroxylation sites is 1. The maximum atomic E-state index is 12.6. The first-order valence-corrected chi connectivity index (χ1v) is 11.5. The Morgan fingerprint density at radius 2 is 1.90 bits per heavy atom. The Morgan fingerprint density at radius 1 is 1.14 bits per heavy atom. The molecule has 0 radical (unpaired) electrons. The van der Waals surface area contributed by atoms with Gasteiger partial charge in [-0.2, -0.15) is 0 Å². The molecule has 1 aliphatic heterocycles. The maximum absolute atomic E-state index is 12.6. The average Bonchev–Trinajstić information content (AvgIpc) is 3.14. The normalized spacial score (nSPS) is 13.1. The van der Waals surface area contributed by atoms with E-state index < -0.39 is 16.1 Å². The number of benzene rings is 2. The molecule has 1 aliphatic rings. The average molecular weight is 418 g/mol. The number of unbranched alkanes of at least 4 members (excludes halogenated alkanes) is 1. The van der Waals surface area contributed by atoms with Crippen LogP contribution < -0.4 is 19.7 Å². The Bertz CT molecular complexity index is 929. The third-order valence-corrected chi connectivity index (χ3v) is 6.48. The van der Waals surface area contributed by atoms with Gasteiger partial charge in [0.05, 0.1) is 18.0 Å². The second-order valence-corrected chi connectivity index (χ2v) is 8.89. The third-order valence-electron chi connectivity index (χ3n) is 4.70. The highest BCUT2D eigenvalue weighted by Crippen LogP contribution is 2.29. The van der Waals surface area contributed by atoms with Gasteiger partial charge in [0.2, 0.25) is 10.0 Å². The lowest BCUT2D eigenvalue weighted by Gasteiger charge is -2.19. The fraction of sp³-hybridized carbons (Fsp3) is 0.381. The number of nitrogens with one attached hydrogen (secondary N) is 2. The Kier molecular flexibility index (Phi) is 6.98. The number of sulfonamides is 1. The molecule has 0 saturated carbocycles. The number of rotatable bonds is 9. The first-order valence-electron chi connectivity index (χ1n) is 9.85. The smallest absolute Gasteiger partial charge is 0.319 e. The molecule has 0 aliphatic carbocycles. The molecule has 0 spiro atoms. The zero-order chi connectivity index (χ0) is 20.7. The lowest BCUT2D eigenvalue weighted by molar-refractivity contribution is 0.252. The Morgan fingerprint density at radius 3 is 2.66 bits per heavy atom. The molecule has 2 aromatic carbocycles. The fourth-order valence-corrected chi connectivity index (χ4v) is 4.57. The molecule has 2 amide bonds. The number of carbonyl (C=O) groups is 1. The number of anilines is 2. The van der Waals surface area contributed by atoms with E-state index in [2.05, 4.69) is 17.6 Å². The summed E-state index contributed by atoms with van der Waals surface area (Å²) in [6.07, 6.45) is 2.77. The van der Waals surface area contributed by atoms with Gasteiger partial charge in [-0.3, -0.25) is 4.31 Å². The molecule has 0 bridgehead atoms. The summed E-state index contributed by atoms with van der Waals surface area (Å²) in [5.41, 5.74) is 2.38. The zero-order valence-electron chi connectivity index (χ0n) is 16.6. The number of amides is 2. The van der Waals surface area contributed by atoms with Crippen molar-refractivity contribution in [1.29, 1.82) is 0 Å². The van der Waals surface area contributed by atoms with Crippen LogP contribution in [0.1, 0.15) is 25.3 Å². The number of fused-ring (bicyclic) bond motifs is 1. The van der Waals surface area contributed by atoms with E-state index in [-0.39, 0.29) is 12.3 Å². The first-order chi connectivity index (χ1) is 14.0. The highest BCUT2D eigenvalue weighted by molar-refractivity contribution is 7.92. The van der Waals surface area contributed by atoms with Gasteiger partial charge in [-0.05, 0) is 48.7 Å². The molecule has 0 aromatic heterocycles. The van der Waals surface area contributed by atoms with E-state index >= 15 is 0 Å². The monoisotopic (exact) mass is 417 g/mol. The van der Waals surface area contributed by atoms with Crippen molar-refractivity contribution in [2.75, 3.05) is 35.1 Å². The van der Waals surface area contributed by atoms with Crippen molar-refractivity contribution in [3.8, 4) is 5.75 Å². The van der Waals surface area contributed by atoms with Gasteiger partial charge in [-0.15, -0.1) is 0 Å². The molecule has 2 aromatic rings. The van der Waals surface area contributed by atoms with E-state index in [4.69, 9.17) is 4.74 Å². The second-order valence-electron chi connectivity index (χ2n) is 6.87. The highest BCUT2D eigenvalue weighted by Gasteiger charge is 2.28. The van der Waals surface area contributed by atoms with Crippen LogP contribution in [0.3, 0.4) is 0 Å². The summed E-state index contributed by atoms with van der Waals surface area (Å²) < 4.78 is 32.3. The van der Waals surface area contributed by atoms with Gasteiger partial charge in [-0.25, -0.2) is 13.2 Å². The van der Waals surface area contributed by atoms with Crippen molar-refractivity contribution in [1.82, 2.24) is 5.32 Å². The predicted molar refractivity (Wildman–Crippen MR) is 115 cm³/mol. The molecule has 7 nitrogen and oxygen atoms in total. The van der Waals surface area contributed by atoms with E-state index in [9.17, 15) is 13.2 Å². The molecule has 0 fully saturated rings. The minimum absolute atomic E-state index is 0.0328. The Balaban J connectivity index is 1.45. The molecule has 3 rings (SSSR count). The number of urea groups is 1. The van der Waals surface area contributed by atoms with Crippen molar-refractivity contribution in [3.05, 3.63) is 54.1 Å². The van der Waals surface area contributed by atoms with Gasteiger partial charge in [0, 0.05) is 18.8 Å². The molecule has 8 heteroatoms. The summed E-state index contributed by atoms with van der Waals surface area (Å²) in [4.78, 5) is 12.1.